The molecule has 5 amide bonds. The molecule has 8 rings (SSSR count). The lowest BCUT2D eigenvalue weighted by molar-refractivity contribution is -0.137. The van der Waals surface area contributed by atoms with Crippen molar-refractivity contribution in [3.05, 3.63) is 88.5 Å². The number of carbonyl (C=O) groups is 5. The van der Waals surface area contributed by atoms with Crippen LogP contribution in [0.3, 0.4) is 0 Å². The van der Waals surface area contributed by atoms with Gasteiger partial charge in [0.1, 0.15) is 11.7 Å². The lowest BCUT2D eigenvalue weighted by Crippen LogP contribution is -2.52. The Kier molecular flexibility index (Phi) is 14.5. The second kappa shape index (κ2) is 20.6. The zero-order valence-electron chi connectivity index (χ0n) is 36.3. The van der Waals surface area contributed by atoms with Crippen molar-refractivity contribution < 1.29 is 28.4 Å². The SMILES string of the molecule is Cc1cncc(C(F)=CC(=O)NCCCCC2CCN(C(=O)c3ccc(N4CCN(CCCCSc5cccc6c5CN(C5CCC(=O)NC5=O)C6=O)CC4)c(C4CC4)c3)CC2)n1. The molecular formula is C48H59FN8O5S. The number of nitrogens with zero attached hydrogens (tertiary/aromatic N) is 6. The smallest absolute Gasteiger partial charge is 0.255 e. The molecule has 0 spiro atoms. The number of nitrogens with one attached hydrogen (secondary N) is 2. The summed E-state index contributed by atoms with van der Waals surface area (Å²) in [5.74, 6) is 0.195. The van der Waals surface area contributed by atoms with Crippen LogP contribution in [0.1, 0.15) is 120 Å². The number of piperazine rings is 1. The highest BCUT2D eigenvalue weighted by molar-refractivity contribution is 7.99. The number of piperidine rings is 2. The van der Waals surface area contributed by atoms with Gasteiger partial charge < -0.3 is 20.0 Å². The monoisotopic (exact) mass is 878 g/mol. The van der Waals surface area contributed by atoms with E-state index < -0.39 is 17.8 Å². The molecule has 1 unspecified atom stereocenters. The van der Waals surface area contributed by atoms with E-state index in [0.717, 1.165) is 119 Å². The molecule has 5 heterocycles. The highest BCUT2D eigenvalue weighted by Gasteiger charge is 2.40. The number of hydrogen-bond acceptors (Lipinski definition) is 10. The number of rotatable bonds is 17. The summed E-state index contributed by atoms with van der Waals surface area (Å²) in [5.41, 5.74) is 5.69. The van der Waals surface area contributed by atoms with Crippen molar-refractivity contribution in [3.8, 4) is 0 Å². The van der Waals surface area contributed by atoms with Crippen LogP contribution >= 0.6 is 11.8 Å². The highest BCUT2D eigenvalue weighted by atomic mass is 32.2. The number of anilines is 1. The Morgan fingerprint density at radius 1 is 0.937 bits per heavy atom. The zero-order valence-corrected chi connectivity index (χ0v) is 37.1. The Labute approximate surface area is 373 Å². The number of imide groups is 1. The predicted molar refractivity (Wildman–Crippen MR) is 241 cm³/mol. The number of benzene rings is 2. The first-order valence-corrected chi connectivity index (χ1v) is 23.8. The number of fused-ring (bicyclic) bond motifs is 1. The van der Waals surface area contributed by atoms with Crippen molar-refractivity contribution in [2.45, 2.75) is 101 Å². The second-order valence-corrected chi connectivity index (χ2v) is 18.8. The third-order valence-corrected chi connectivity index (χ3v) is 14.4. The van der Waals surface area contributed by atoms with E-state index in [2.05, 4.69) is 48.6 Å². The van der Waals surface area contributed by atoms with Crippen LogP contribution in [0.2, 0.25) is 0 Å². The predicted octanol–water partition coefficient (Wildman–Crippen LogP) is 6.27. The highest BCUT2D eigenvalue weighted by Crippen LogP contribution is 2.45. The molecule has 1 saturated carbocycles. The summed E-state index contributed by atoms with van der Waals surface area (Å²) in [6.45, 7) is 9.12. The molecule has 3 saturated heterocycles. The maximum absolute atomic E-state index is 14.4. The first kappa shape index (κ1) is 44.5. The normalized spacial score (nSPS) is 20.0. The average Bonchev–Trinajstić information content (AvgIpc) is 4.09. The van der Waals surface area contributed by atoms with Crippen molar-refractivity contribution in [3.63, 3.8) is 0 Å². The summed E-state index contributed by atoms with van der Waals surface area (Å²) >= 11 is 1.78. The summed E-state index contributed by atoms with van der Waals surface area (Å²) < 4.78 is 14.4. The van der Waals surface area contributed by atoms with Gasteiger partial charge in [-0.1, -0.05) is 18.9 Å². The Morgan fingerprint density at radius 3 is 2.51 bits per heavy atom. The zero-order chi connectivity index (χ0) is 43.9. The molecule has 4 fully saturated rings. The van der Waals surface area contributed by atoms with Crippen LogP contribution in [0.4, 0.5) is 10.1 Å². The first-order valence-electron chi connectivity index (χ1n) is 22.8. The van der Waals surface area contributed by atoms with Gasteiger partial charge in [0, 0.05) is 92.8 Å². The number of halogens is 1. The van der Waals surface area contributed by atoms with E-state index in [1.807, 2.05) is 23.1 Å². The van der Waals surface area contributed by atoms with Crippen molar-refractivity contribution in [2.24, 2.45) is 5.92 Å². The van der Waals surface area contributed by atoms with Crippen LogP contribution in [0.25, 0.3) is 5.83 Å². The Bertz CT molecular complexity index is 2220. The summed E-state index contributed by atoms with van der Waals surface area (Å²) in [5, 5.41) is 5.15. The number of hydrogen-bond donors (Lipinski definition) is 2. The molecule has 3 aromatic rings. The van der Waals surface area contributed by atoms with Crippen molar-refractivity contribution in [2.75, 3.05) is 63.0 Å². The number of aryl methyl sites for hydroxylation is 1. The van der Waals surface area contributed by atoms with Gasteiger partial charge in [-0.2, -0.15) is 0 Å². The van der Waals surface area contributed by atoms with Gasteiger partial charge in [0.25, 0.3) is 11.8 Å². The number of unbranched alkanes of at least 4 members (excludes halogenated alkanes) is 2. The van der Waals surface area contributed by atoms with Crippen LogP contribution in [0, 0.1) is 12.8 Å². The van der Waals surface area contributed by atoms with Crippen LogP contribution in [-0.4, -0.2) is 118 Å². The molecule has 1 aliphatic carbocycles. The third kappa shape index (κ3) is 11.2. The van der Waals surface area contributed by atoms with Crippen LogP contribution in [0.15, 0.2) is 59.8 Å². The molecular weight excluding hydrogens is 820 g/mol. The van der Waals surface area contributed by atoms with Gasteiger partial charge in [0.05, 0.1) is 11.9 Å². The topological polar surface area (TPSA) is 148 Å². The minimum absolute atomic E-state index is 0.0519. The number of amides is 5. The number of carbonyl (C=O) groups excluding carboxylic acids is 5. The summed E-state index contributed by atoms with van der Waals surface area (Å²) in [4.78, 5) is 81.1. The van der Waals surface area contributed by atoms with Crippen LogP contribution < -0.4 is 15.5 Å². The maximum Gasteiger partial charge on any atom is 0.255 e. The van der Waals surface area contributed by atoms with Crippen molar-refractivity contribution in [1.29, 1.82) is 0 Å². The van der Waals surface area contributed by atoms with Crippen molar-refractivity contribution >= 4 is 52.8 Å². The van der Waals surface area contributed by atoms with Crippen molar-refractivity contribution in [1.82, 2.24) is 35.3 Å². The van der Waals surface area contributed by atoms with E-state index in [1.165, 1.54) is 36.5 Å². The fraction of sp³-hybridized carbons (Fsp3) is 0.521. The molecule has 4 aliphatic heterocycles. The first-order chi connectivity index (χ1) is 30.6. The molecule has 5 aliphatic rings. The summed E-state index contributed by atoms with van der Waals surface area (Å²) in [6, 6.07) is 11.6. The van der Waals surface area contributed by atoms with E-state index >= 15 is 0 Å². The molecule has 15 heteroatoms. The molecule has 1 aromatic heterocycles. The summed E-state index contributed by atoms with van der Waals surface area (Å²) in [7, 11) is 0. The Morgan fingerprint density at radius 2 is 1.75 bits per heavy atom. The van der Waals surface area contributed by atoms with Crippen LogP contribution in [0.5, 0.6) is 0 Å². The van der Waals surface area contributed by atoms with E-state index in [-0.39, 0.29) is 35.7 Å². The minimum Gasteiger partial charge on any atom is -0.369 e. The molecule has 1 atom stereocenters. The lowest BCUT2D eigenvalue weighted by Gasteiger charge is -2.37. The Balaban J connectivity index is 0.727. The second-order valence-electron chi connectivity index (χ2n) is 17.7. The van der Waals surface area contributed by atoms with Gasteiger partial charge in [-0.25, -0.2) is 9.37 Å². The van der Waals surface area contributed by atoms with Gasteiger partial charge in [-0.15, -0.1) is 11.8 Å². The number of thioether (sulfide) groups is 1. The van der Waals surface area contributed by atoms with Crippen LogP contribution in [-0.2, 0) is 20.9 Å². The molecule has 63 heavy (non-hydrogen) atoms. The molecule has 2 N–H and O–H groups in total. The van der Waals surface area contributed by atoms with E-state index in [0.29, 0.717) is 42.6 Å². The van der Waals surface area contributed by atoms with E-state index in [4.69, 9.17) is 0 Å². The number of likely N-dealkylation sites (tertiary alicyclic amines) is 1. The van der Waals surface area contributed by atoms with Gasteiger partial charge in [-0.3, -0.25) is 39.2 Å². The summed E-state index contributed by atoms with van der Waals surface area (Å²) in [6.07, 6.45) is 13.7. The largest absolute Gasteiger partial charge is 0.369 e. The molecule has 334 valence electrons. The fourth-order valence-corrected chi connectivity index (χ4v) is 10.5. The minimum atomic E-state index is -0.700. The van der Waals surface area contributed by atoms with Gasteiger partial charge in [0.15, 0.2) is 5.83 Å². The van der Waals surface area contributed by atoms with Gasteiger partial charge >= 0.3 is 0 Å². The third-order valence-electron chi connectivity index (χ3n) is 13.2. The standard InChI is InChI=1S/C48H59FN8O5S/c1-32-29-50-30-40(52-32)39(49)28-45(59)51-18-3-2-7-33-16-20-56(21-17-33)47(61)35-12-13-41(37(27-35)34-10-11-34)55-24-22-54(23-25-55)19-4-5-26-63-43-9-6-8-36-38(43)31-57(48(36)62)42-14-15-44(58)53-46(42)60/h6,8-9,12-13,27-30,33-34,42H,2-5,7,10-11,14-26,31H2,1H3,(H,51,59)(H,53,58,60). The molecule has 2 aromatic carbocycles. The maximum atomic E-state index is 14.4. The fourth-order valence-electron chi connectivity index (χ4n) is 9.42. The Hall–Kier alpha value is -5.15. The lowest BCUT2D eigenvalue weighted by atomic mass is 9.91. The van der Waals surface area contributed by atoms with Gasteiger partial charge in [-0.05, 0) is 124 Å². The van der Waals surface area contributed by atoms with Gasteiger partial charge in [0.2, 0.25) is 17.7 Å². The quantitative estimate of drug-likeness (QED) is 0.0689. The van der Waals surface area contributed by atoms with E-state index in [9.17, 15) is 28.4 Å². The van der Waals surface area contributed by atoms with E-state index in [1.54, 1.807) is 23.6 Å². The molecule has 0 radical (unpaired) electrons. The molecule has 0 bridgehead atoms. The molecule has 13 nitrogen and oxygen atoms in total. The number of aromatic nitrogens is 2. The average molecular weight is 879 g/mol.